The summed E-state index contributed by atoms with van der Waals surface area (Å²) in [5.41, 5.74) is 2.13. The average molecular weight is 549 g/mol. The highest BCUT2D eigenvalue weighted by Gasteiger charge is 2.34. The van der Waals surface area contributed by atoms with Crippen molar-refractivity contribution in [1.29, 1.82) is 0 Å². The first-order chi connectivity index (χ1) is 18.5. The third kappa shape index (κ3) is 6.06. The molecule has 5 rings (SSSR count). The van der Waals surface area contributed by atoms with Crippen molar-refractivity contribution in [2.75, 3.05) is 13.1 Å². The van der Waals surface area contributed by atoms with Crippen LogP contribution in [-0.2, 0) is 11.3 Å². The van der Waals surface area contributed by atoms with Gasteiger partial charge in [0.1, 0.15) is 12.6 Å². The van der Waals surface area contributed by atoms with Crippen molar-refractivity contribution in [2.24, 2.45) is 0 Å². The van der Waals surface area contributed by atoms with Gasteiger partial charge in [-0.15, -0.1) is 0 Å². The highest BCUT2D eigenvalue weighted by molar-refractivity contribution is 6.31. The summed E-state index contributed by atoms with van der Waals surface area (Å²) in [5.74, 6) is 0.392. The van der Waals surface area contributed by atoms with Gasteiger partial charge >= 0.3 is 0 Å². The molecule has 7 nitrogen and oxygen atoms in total. The Kier molecular flexibility index (Phi) is 8.05. The Morgan fingerprint density at radius 1 is 0.947 bits per heavy atom. The zero-order valence-electron chi connectivity index (χ0n) is 20.6. The molecule has 1 aliphatic heterocycles. The summed E-state index contributed by atoms with van der Waals surface area (Å²) in [6, 6.07) is 23.2. The summed E-state index contributed by atoms with van der Waals surface area (Å²) in [7, 11) is 0. The van der Waals surface area contributed by atoms with Gasteiger partial charge in [0.25, 0.3) is 5.91 Å². The zero-order valence-corrected chi connectivity index (χ0v) is 22.1. The molecule has 1 unspecified atom stereocenters. The molecule has 4 aromatic rings. The van der Waals surface area contributed by atoms with E-state index in [9.17, 15) is 9.59 Å². The number of amides is 2. The molecule has 0 bridgehead atoms. The number of halogens is 2. The van der Waals surface area contributed by atoms with E-state index in [0.29, 0.717) is 40.3 Å². The van der Waals surface area contributed by atoms with Gasteiger partial charge in [0.2, 0.25) is 17.6 Å². The molecule has 1 saturated heterocycles. The van der Waals surface area contributed by atoms with E-state index in [0.717, 1.165) is 24.0 Å². The van der Waals surface area contributed by atoms with Crippen LogP contribution in [0.4, 0.5) is 0 Å². The summed E-state index contributed by atoms with van der Waals surface area (Å²) < 4.78 is 5.62. The molecule has 0 spiro atoms. The van der Waals surface area contributed by atoms with E-state index < -0.39 is 0 Å². The largest absolute Gasteiger partial charge is 0.337 e. The highest BCUT2D eigenvalue weighted by Crippen LogP contribution is 2.32. The number of likely N-dealkylation sites (tertiary alicyclic amines) is 1. The fourth-order valence-electron chi connectivity index (χ4n) is 4.64. The van der Waals surface area contributed by atoms with Crippen molar-refractivity contribution in [3.63, 3.8) is 0 Å². The van der Waals surface area contributed by atoms with E-state index in [-0.39, 0.29) is 30.9 Å². The van der Waals surface area contributed by atoms with Crippen molar-refractivity contribution < 1.29 is 14.1 Å². The number of carbonyl (C=O) groups excluding carboxylic acids is 2. The lowest BCUT2D eigenvalue weighted by molar-refractivity contribution is -0.136. The lowest BCUT2D eigenvalue weighted by Crippen LogP contribution is -2.45. The Morgan fingerprint density at radius 2 is 1.74 bits per heavy atom. The number of hydrogen-bond donors (Lipinski definition) is 0. The highest BCUT2D eigenvalue weighted by atomic mass is 35.5. The fraction of sp³-hybridized carbons (Fsp3) is 0.241. The summed E-state index contributed by atoms with van der Waals surface area (Å²) in [5, 5.41) is 5.22. The second-order valence-electron chi connectivity index (χ2n) is 9.22. The Balaban J connectivity index is 1.37. The third-order valence-electron chi connectivity index (χ3n) is 6.55. The summed E-state index contributed by atoms with van der Waals surface area (Å²) >= 11 is 12.1. The van der Waals surface area contributed by atoms with Crippen LogP contribution in [0.25, 0.3) is 11.4 Å². The van der Waals surface area contributed by atoms with Crippen LogP contribution in [0.3, 0.4) is 0 Å². The molecular formula is C29H26Cl2N4O3. The van der Waals surface area contributed by atoms with Gasteiger partial charge in [-0.2, -0.15) is 4.98 Å². The van der Waals surface area contributed by atoms with Crippen LogP contribution >= 0.6 is 23.2 Å². The fourth-order valence-corrected chi connectivity index (χ4v) is 4.95. The molecule has 1 aliphatic rings. The molecule has 0 aliphatic carbocycles. The van der Waals surface area contributed by atoms with Gasteiger partial charge in [-0.1, -0.05) is 64.8 Å². The van der Waals surface area contributed by atoms with Gasteiger partial charge in [0.15, 0.2) is 0 Å². The molecule has 0 radical (unpaired) electrons. The first-order valence-electron chi connectivity index (χ1n) is 12.5. The lowest BCUT2D eigenvalue weighted by Gasteiger charge is -2.35. The van der Waals surface area contributed by atoms with Crippen LogP contribution in [0, 0.1) is 0 Å². The van der Waals surface area contributed by atoms with Crippen LogP contribution < -0.4 is 0 Å². The van der Waals surface area contributed by atoms with Gasteiger partial charge in [-0.05, 0) is 67.3 Å². The second-order valence-corrected chi connectivity index (χ2v) is 10.1. The van der Waals surface area contributed by atoms with Gasteiger partial charge in [0, 0.05) is 34.3 Å². The van der Waals surface area contributed by atoms with E-state index in [4.69, 9.17) is 27.7 Å². The maximum absolute atomic E-state index is 13.7. The molecule has 0 saturated carbocycles. The van der Waals surface area contributed by atoms with Crippen LogP contribution in [0.15, 0.2) is 83.4 Å². The zero-order chi connectivity index (χ0) is 26.5. The number of aromatic nitrogens is 2. The normalized spacial score (nSPS) is 15.3. The van der Waals surface area contributed by atoms with Crippen molar-refractivity contribution in [3.05, 3.63) is 106 Å². The minimum Gasteiger partial charge on any atom is -0.337 e. The van der Waals surface area contributed by atoms with Crippen LogP contribution in [0.5, 0.6) is 0 Å². The molecule has 0 N–H and O–H groups in total. The Labute approximate surface area is 231 Å². The Hall–Kier alpha value is -3.68. The Morgan fingerprint density at radius 3 is 2.50 bits per heavy atom. The van der Waals surface area contributed by atoms with Gasteiger partial charge in [0.05, 0.1) is 0 Å². The van der Waals surface area contributed by atoms with E-state index in [2.05, 4.69) is 10.1 Å². The predicted octanol–water partition coefficient (Wildman–Crippen LogP) is 6.44. The molecule has 9 heteroatoms. The van der Waals surface area contributed by atoms with Crippen LogP contribution in [0.1, 0.15) is 47.1 Å². The minimum absolute atomic E-state index is 0.0884. The molecule has 38 heavy (non-hydrogen) atoms. The van der Waals surface area contributed by atoms with Crippen molar-refractivity contribution >= 4 is 35.0 Å². The number of nitrogens with zero attached hydrogens (tertiary/aromatic N) is 4. The van der Waals surface area contributed by atoms with Crippen molar-refractivity contribution in [1.82, 2.24) is 19.9 Å². The van der Waals surface area contributed by atoms with Crippen molar-refractivity contribution in [2.45, 2.75) is 31.8 Å². The molecule has 2 heterocycles. The minimum atomic E-state index is -0.357. The summed E-state index contributed by atoms with van der Waals surface area (Å²) in [4.78, 5) is 35.1. The molecule has 2 amide bonds. The molecule has 3 aromatic carbocycles. The number of rotatable bonds is 7. The molecule has 1 fully saturated rings. The first kappa shape index (κ1) is 25.9. The molecule has 194 valence electrons. The maximum Gasteiger partial charge on any atom is 0.254 e. The number of hydrogen-bond acceptors (Lipinski definition) is 5. The smallest absolute Gasteiger partial charge is 0.254 e. The monoisotopic (exact) mass is 548 g/mol. The second kappa shape index (κ2) is 11.8. The molecule has 1 aromatic heterocycles. The molecule has 1 atom stereocenters. The van der Waals surface area contributed by atoms with E-state index in [1.165, 1.54) is 0 Å². The van der Waals surface area contributed by atoms with E-state index in [1.54, 1.807) is 46.2 Å². The van der Waals surface area contributed by atoms with E-state index >= 15 is 0 Å². The number of piperidine rings is 1. The predicted molar refractivity (Wildman–Crippen MR) is 146 cm³/mol. The average Bonchev–Trinajstić information content (AvgIpc) is 3.43. The van der Waals surface area contributed by atoms with Crippen LogP contribution in [0.2, 0.25) is 10.0 Å². The summed E-state index contributed by atoms with van der Waals surface area (Å²) in [6.45, 7) is 0.749. The molecular weight excluding hydrogens is 523 g/mol. The summed E-state index contributed by atoms with van der Waals surface area (Å²) in [6.07, 6.45) is 2.50. The van der Waals surface area contributed by atoms with Gasteiger partial charge in [-0.3, -0.25) is 9.59 Å². The SMILES string of the molecule is O=C(c1cccc(Cl)c1)N(CC(=O)N1CCCCC1c1nc(-c2ccc(Cl)cc2)no1)Cc1ccccc1. The standard InChI is InChI=1S/C29H26Cl2N4O3/c30-23-14-12-21(13-15-23)27-32-28(38-33-27)25-11-4-5-16-35(25)26(36)19-34(18-20-7-2-1-3-8-20)29(37)22-9-6-10-24(31)17-22/h1-3,6-10,12-15,17,25H,4-5,11,16,18-19H2. The third-order valence-corrected chi connectivity index (χ3v) is 7.04. The number of benzene rings is 3. The quantitative estimate of drug-likeness (QED) is 0.265. The maximum atomic E-state index is 13.7. The topological polar surface area (TPSA) is 79.5 Å². The van der Waals surface area contributed by atoms with Gasteiger partial charge in [-0.25, -0.2) is 0 Å². The van der Waals surface area contributed by atoms with Gasteiger partial charge < -0.3 is 14.3 Å². The number of carbonyl (C=O) groups is 2. The van der Waals surface area contributed by atoms with E-state index in [1.807, 2.05) is 42.5 Å². The lowest BCUT2D eigenvalue weighted by atomic mass is 10.0. The first-order valence-corrected chi connectivity index (χ1v) is 13.2. The van der Waals surface area contributed by atoms with Crippen LogP contribution in [-0.4, -0.2) is 44.8 Å². The van der Waals surface area contributed by atoms with Crippen molar-refractivity contribution in [3.8, 4) is 11.4 Å². The Bertz CT molecular complexity index is 1410.